The molecule has 9 heterocycles. The molecule has 0 unspecified atom stereocenters. The second-order valence-electron chi connectivity index (χ2n) is 29.9. The molecule has 5 fully saturated rings. The van der Waals surface area contributed by atoms with Crippen molar-refractivity contribution in [2.45, 2.75) is 162 Å². The first-order chi connectivity index (χ1) is 51.2. The lowest BCUT2D eigenvalue weighted by Crippen LogP contribution is -2.50. The number of hydrogen-bond donors (Lipinski definition) is 9. The fourth-order valence-electron chi connectivity index (χ4n) is 13.7. The Hall–Kier alpha value is -10.6. The van der Waals surface area contributed by atoms with Crippen molar-refractivity contribution in [3.05, 3.63) is 191 Å². The molecule has 13 rings (SSSR count). The second-order valence-corrected chi connectivity index (χ2v) is 29.9. The summed E-state index contributed by atoms with van der Waals surface area (Å²) in [5.74, 6) is 5.25. The van der Waals surface area contributed by atoms with Gasteiger partial charge in [0, 0.05) is 93.2 Å². The van der Waals surface area contributed by atoms with Crippen LogP contribution < -0.4 is 67.9 Å². The number of nitrogens with zero attached hydrogens (tertiary/aromatic N) is 14. The monoisotopic (exact) mass is 1460 g/mol. The van der Waals surface area contributed by atoms with Gasteiger partial charge in [-0.2, -0.15) is 20.4 Å². The van der Waals surface area contributed by atoms with Gasteiger partial charge in [-0.25, -0.2) is 19.2 Å². The molecular weight excluding hydrogens is 1350 g/mol. The molecule has 5 saturated heterocycles. The molecule has 8 amide bonds. The van der Waals surface area contributed by atoms with Gasteiger partial charge in [-0.05, 0) is 198 Å². The number of aryl methyl sites for hydroxylation is 4. The first-order valence-corrected chi connectivity index (χ1v) is 37.2. The van der Waals surface area contributed by atoms with Crippen molar-refractivity contribution >= 4 is 70.1 Å². The molecule has 8 atom stereocenters. The van der Waals surface area contributed by atoms with Crippen LogP contribution in [-0.2, 0) is 0 Å². The van der Waals surface area contributed by atoms with Crippen LogP contribution in [0.4, 0.5) is 65.2 Å². The molecule has 2 bridgehead atoms. The Morgan fingerprint density at radius 3 is 1.07 bits per heavy atom. The van der Waals surface area contributed by atoms with Crippen LogP contribution in [0.5, 0.6) is 0 Å². The normalized spacial score (nSPS) is 20.0. The number of anilines is 8. The van der Waals surface area contributed by atoms with E-state index in [1.165, 1.54) is 22.3 Å². The van der Waals surface area contributed by atoms with Crippen molar-refractivity contribution < 1.29 is 19.2 Å². The Morgan fingerprint density at radius 1 is 0.383 bits per heavy atom. The number of likely N-dealkylation sites (tertiary alicyclic amines) is 1. The van der Waals surface area contributed by atoms with Gasteiger partial charge < -0.3 is 77.7 Å². The number of fused-ring (bicyclic) bond motifs is 2. The van der Waals surface area contributed by atoms with E-state index in [-0.39, 0.29) is 66.4 Å². The second kappa shape index (κ2) is 36.6. The van der Waals surface area contributed by atoms with Gasteiger partial charge in [-0.15, -0.1) is 20.4 Å². The number of hydrogen-bond acceptors (Lipinski definition) is 19. The highest BCUT2D eigenvalue weighted by Crippen LogP contribution is 2.35. The first kappa shape index (κ1) is 78.9. The number of nitrogens with one attached hydrogen (secondary N) is 8. The molecule has 4 aromatic carbocycles. The predicted octanol–water partition coefficient (Wildman–Crippen LogP) is 11.0. The average molecular weight is 1460 g/mol. The van der Waals surface area contributed by atoms with Crippen LogP contribution in [0.3, 0.4) is 0 Å². The van der Waals surface area contributed by atoms with E-state index in [1.54, 1.807) is 0 Å². The summed E-state index contributed by atoms with van der Waals surface area (Å²) in [6, 6.07) is 47.6. The number of benzene rings is 4. The number of carbonyl (C=O) groups is 4. The third-order valence-electron chi connectivity index (χ3n) is 20.2. The number of rotatable bonds is 17. The fourth-order valence-corrected chi connectivity index (χ4v) is 13.7. The number of piperazine rings is 1. The van der Waals surface area contributed by atoms with E-state index < -0.39 is 0 Å². The van der Waals surface area contributed by atoms with Crippen molar-refractivity contribution in [3.8, 4) is 0 Å². The summed E-state index contributed by atoms with van der Waals surface area (Å²) in [5.41, 5.74) is 18.0. The molecular formula is C80H109N23O4. The van der Waals surface area contributed by atoms with Gasteiger partial charge in [0.05, 0.1) is 53.0 Å². The van der Waals surface area contributed by atoms with Gasteiger partial charge in [0.1, 0.15) is 0 Å². The third-order valence-corrected chi connectivity index (χ3v) is 20.2. The van der Waals surface area contributed by atoms with Crippen LogP contribution in [-0.4, -0.2) is 197 Å². The molecule has 27 heteroatoms. The molecule has 0 aliphatic carbocycles. The molecule has 568 valence electrons. The molecule has 10 N–H and O–H groups in total. The molecule has 0 saturated carbocycles. The van der Waals surface area contributed by atoms with Crippen molar-refractivity contribution in [1.29, 1.82) is 0 Å². The fraction of sp³-hybridized carbons (Fsp3) is 0.450. The number of urea groups is 4. The summed E-state index contributed by atoms with van der Waals surface area (Å²) in [5, 5.41) is 57.7. The summed E-state index contributed by atoms with van der Waals surface area (Å²) in [7, 11) is 5.98. The smallest absolute Gasteiger partial charge is 0.322 e. The van der Waals surface area contributed by atoms with Gasteiger partial charge in [0.15, 0.2) is 23.3 Å². The van der Waals surface area contributed by atoms with E-state index >= 15 is 0 Å². The van der Waals surface area contributed by atoms with E-state index in [1.807, 2.05) is 180 Å². The summed E-state index contributed by atoms with van der Waals surface area (Å²) >= 11 is 0. The van der Waals surface area contributed by atoms with Crippen molar-refractivity contribution in [3.63, 3.8) is 0 Å². The maximum Gasteiger partial charge on any atom is 0.322 e. The van der Waals surface area contributed by atoms with Gasteiger partial charge in [0.25, 0.3) is 0 Å². The van der Waals surface area contributed by atoms with Gasteiger partial charge in [0.2, 0.25) is 0 Å². The quantitative estimate of drug-likeness (QED) is 0.0409. The summed E-state index contributed by atoms with van der Waals surface area (Å²) < 4.78 is 0. The zero-order valence-electron chi connectivity index (χ0n) is 64.6. The molecule has 5 aliphatic heterocycles. The zero-order chi connectivity index (χ0) is 76.6. The van der Waals surface area contributed by atoms with Crippen LogP contribution in [0, 0.1) is 27.7 Å². The lowest BCUT2D eigenvalue weighted by molar-refractivity contribution is 0.202. The minimum absolute atomic E-state index is 0.00644. The Morgan fingerprint density at radius 2 is 0.720 bits per heavy atom. The Labute approximate surface area is 630 Å². The number of likely N-dealkylation sites (N-methyl/N-ethyl adjacent to an activating group) is 2. The van der Waals surface area contributed by atoms with Crippen molar-refractivity contribution in [2.75, 3.05) is 114 Å². The Balaban J connectivity index is 0.000000152. The SMILES string of the molecule is CN[C@@H]1CN(c2ccc(C)nn2)C[C@@H]1NC(=O)Nc1ccc(C(C)C)cc1.Cc1ccc(N2C[C@@H](N)[C@@H](NC(=O)Nc3ccc(C(C)C)cc3)C2)nn1.Cc1ccc(N2C[C@H](NC(=O)Nc3ccc(C(C)C)cc3)[C@H](N(C)C)C2)nn1.Cc1ccc(N2C[C@H]3C[C@@H]2CN3C(=O)Nc2ccc(C(C)C)cc2)nn1. The van der Waals surface area contributed by atoms with Gasteiger partial charge >= 0.3 is 24.1 Å². The molecule has 5 aliphatic rings. The van der Waals surface area contributed by atoms with E-state index in [9.17, 15) is 19.2 Å². The Kier molecular flexibility index (Phi) is 27.0. The number of aromatic nitrogens is 8. The Bertz CT molecular complexity index is 4150. The van der Waals surface area contributed by atoms with Crippen LogP contribution in [0.1, 0.15) is 131 Å². The maximum absolute atomic E-state index is 12.7. The molecule has 107 heavy (non-hydrogen) atoms. The van der Waals surface area contributed by atoms with Crippen molar-refractivity contribution in [2.24, 2.45) is 5.73 Å². The topological polar surface area (TPSA) is 313 Å². The van der Waals surface area contributed by atoms with E-state index in [2.05, 4.69) is 183 Å². The van der Waals surface area contributed by atoms with Crippen LogP contribution in [0.25, 0.3) is 0 Å². The minimum Gasteiger partial charge on any atom is -0.351 e. The maximum atomic E-state index is 12.7. The standard InChI is InChI=1S/C21H30N6O.C20H28N6O.C20H25N5O.C19H26N6O/c1-14(2)16-7-9-17(10-8-16)22-21(28)23-18-12-27(13-19(18)26(4)5)20-11-6-15(3)24-25-20;1-13(2)15-6-8-16(9-7-15)22-20(27)23-18-12-26(11-17(18)21-4)19-10-5-14(3)24-25-19;1-13(2)15-5-7-16(8-6-15)21-20(26)25-12-17-10-18(25)11-24(17)19-9-4-14(3)22-23-19;1-12(2)14-5-7-15(8-6-14)21-19(26)22-17-11-25(10-16(17)20)18-9-4-13(3)23-24-18/h6-11,14,18-19H,12-13H2,1-5H3,(H2,22,23,28);5-10,13,17-18,21H,11-12H2,1-4H3,(H2,22,23,27);4-9,13,17-18H,10-12H2,1-3H3,(H,21,26);4-9,12,16-17H,10-11,20H2,1-3H3,(H2,21,22,26)/t18-,19+;17-,18+;17-,18-;16-,17+/m0111/s1. The number of nitrogens with two attached hydrogens (primary N) is 1. The third kappa shape index (κ3) is 21.8. The van der Waals surface area contributed by atoms with Crippen LogP contribution in [0.15, 0.2) is 146 Å². The summed E-state index contributed by atoms with van der Waals surface area (Å²) in [6.45, 7) is 30.6. The molecule has 4 aromatic heterocycles. The van der Waals surface area contributed by atoms with E-state index in [4.69, 9.17) is 5.73 Å². The average Bonchev–Trinajstić information content (AvgIpc) is 1.62. The molecule has 0 radical (unpaired) electrons. The first-order valence-electron chi connectivity index (χ1n) is 37.2. The molecule has 27 nitrogen and oxygen atoms in total. The highest BCUT2D eigenvalue weighted by atomic mass is 16.2. The molecule has 0 spiro atoms. The van der Waals surface area contributed by atoms with Crippen LogP contribution in [0.2, 0.25) is 0 Å². The zero-order valence-corrected chi connectivity index (χ0v) is 64.6. The summed E-state index contributed by atoms with van der Waals surface area (Å²) in [4.78, 5) is 62.7. The minimum atomic E-state index is -0.250. The van der Waals surface area contributed by atoms with Crippen LogP contribution >= 0.6 is 0 Å². The largest absolute Gasteiger partial charge is 0.351 e. The lowest BCUT2D eigenvalue weighted by atomic mass is 10.0. The van der Waals surface area contributed by atoms with Gasteiger partial charge in [-0.1, -0.05) is 104 Å². The number of carbonyl (C=O) groups excluding carboxylic acids is 4. The van der Waals surface area contributed by atoms with Crippen molar-refractivity contribution in [1.82, 2.24) is 71.9 Å². The highest BCUT2D eigenvalue weighted by molar-refractivity contribution is 5.92. The molecule has 8 aromatic rings. The number of amides is 8. The highest BCUT2D eigenvalue weighted by Gasteiger charge is 2.46. The van der Waals surface area contributed by atoms with E-state index in [0.717, 1.165) is 101 Å². The van der Waals surface area contributed by atoms with E-state index in [0.29, 0.717) is 55.9 Å². The summed E-state index contributed by atoms with van der Waals surface area (Å²) in [6.07, 6.45) is 0.995. The predicted molar refractivity (Wildman–Crippen MR) is 427 cm³/mol. The van der Waals surface area contributed by atoms with Gasteiger partial charge in [-0.3, -0.25) is 0 Å². The lowest BCUT2D eigenvalue weighted by Gasteiger charge is -2.34.